The topological polar surface area (TPSA) is 26.1 Å². The first-order valence-corrected chi connectivity index (χ1v) is 3.39. The lowest BCUT2D eigenvalue weighted by Gasteiger charge is -2.20. The number of hydrogen-bond donors (Lipinski definition) is 1. The molecule has 0 amide bonds. The van der Waals surface area contributed by atoms with Crippen molar-refractivity contribution in [2.24, 2.45) is 0 Å². The normalized spacial score (nSPS) is 12.7. The van der Waals surface area contributed by atoms with Gasteiger partial charge in [0.05, 0.1) is 0 Å². The second kappa shape index (κ2) is 3.18. The molecule has 0 bridgehead atoms. The van der Waals surface area contributed by atoms with Crippen molar-refractivity contribution in [3.63, 3.8) is 0 Å². The van der Waals surface area contributed by atoms with E-state index in [4.69, 9.17) is 0 Å². The van der Waals surface area contributed by atoms with Crippen molar-refractivity contribution in [1.29, 1.82) is 0 Å². The zero-order valence-corrected chi connectivity index (χ0v) is 7.02. The Bertz CT molecular complexity index is 71.5. The van der Waals surface area contributed by atoms with Crippen LogP contribution in [0.5, 0.6) is 0 Å². The van der Waals surface area contributed by atoms with Crippen molar-refractivity contribution in [1.82, 2.24) is 10.9 Å². The van der Waals surface area contributed by atoms with E-state index in [-0.39, 0.29) is 5.54 Å². The van der Waals surface area contributed by atoms with Gasteiger partial charge in [-0.05, 0) is 34.6 Å². The van der Waals surface area contributed by atoms with Gasteiger partial charge in [-0.25, -0.2) is 5.43 Å². The molecule has 0 aromatic carbocycles. The van der Waals surface area contributed by atoms with Crippen LogP contribution in [0.1, 0.15) is 34.6 Å². The average molecular weight is 129 g/mol. The summed E-state index contributed by atoms with van der Waals surface area (Å²) in [6.45, 7) is 10.4. The third-order valence-electron chi connectivity index (χ3n) is 0.658. The first-order valence-electron chi connectivity index (χ1n) is 3.39. The third kappa shape index (κ3) is 7.92. The van der Waals surface area contributed by atoms with Gasteiger partial charge in [0.15, 0.2) is 0 Å². The van der Waals surface area contributed by atoms with E-state index >= 15 is 0 Å². The molecule has 0 saturated carbocycles. The Balaban J connectivity index is 3.28. The second-order valence-corrected chi connectivity index (χ2v) is 3.58. The Labute approximate surface area is 58.0 Å². The van der Waals surface area contributed by atoms with Gasteiger partial charge < -0.3 is 0 Å². The maximum absolute atomic E-state index is 4.15. The molecule has 0 heterocycles. The van der Waals surface area contributed by atoms with Gasteiger partial charge in [0.25, 0.3) is 0 Å². The minimum atomic E-state index is 0.115. The summed E-state index contributed by atoms with van der Waals surface area (Å²) in [5.41, 5.74) is 7.31. The van der Waals surface area contributed by atoms with Crippen molar-refractivity contribution in [3.05, 3.63) is 0 Å². The Kier molecular flexibility index (Phi) is 3.15. The van der Waals surface area contributed by atoms with Crippen LogP contribution in [0.15, 0.2) is 0 Å². The molecule has 9 heavy (non-hydrogen) atoms. The van der Waals surface area contributed by atoms with E-state index in [0.29, 0.717) is 6.04 Å². The zero-order valence-electron chi connectivity index (χ0n) is 7.02. The van der Waals surface area contributed by atoms with Crippen molar-refractivity contribution in [2.75, 3.05) is 0 Å². The molecule has 1 N–H and O–H groups in total. The molecule has 0 aliphatic rings. The lowest BCUT2D eigenvalue weighted by Crippen LogP contribution is -2.43. The summed E-state index contributed by atoms with van der Waals surface area (Å²) in [6, 6.07) is 0.379. The molecule has 0 atom stereocenters. The molecule has 0 unspecified atom stereocenters. The van der Waals surface area contributed by atoms with Gasteiger partial charge in [0.1, 0.15) is 0 Å². The van der Waals surface area contributed by atoms with Crippen LogP contribution in [0.4, 0.5) is 0 Å². The van der Waals surface area contributed by atoms with Crippen molar-refractivity contribution in [3.8, 4) is 0 Å². The van der Waals surface area contributed by atoms with Crippen LogP contribution in [-0.2, 0) is 0 Å². The highest BCUT2D eigenvalue weighted by Crippen LogP contribution is 1.96. The van der Waals surface area contributed by atoms with Crippen LogP contribution in [-0.4, -0.2) is 11.6 Å². The number of nitrogens with zero attached hydrogens (tertiary/aromatic N) is 1. The van der Waals surface area contributed by atoms with E-state index in [9.17, 15) is 0 Å². The van der Waals surface area contributed by atoms with E-state index in [1.165, 1.54) is 0 Å². The molecule has 0 aromatic rings. The molecule has 0 spiro atoms. The summed E-state index contributed by atoms with van der Waals surface area (Å²) in [7, 11) is 0. The third-order valence-corrected chi connectivity index (χ3v) is 0.658. The molecule has 55 valence electrons. The predicted molar refractivity (Wildman–Crippen MR) is 40.2 cm³/mol. The molecular weight excluding hydrogens is 112 g/mol. The SMILES string of the molecule is CC(C)[N]NC(C)(C)C. The summed E-state index contributed by atoms with van der Waals surface area (Å²) >= 11 is 0. The largest absolute Gasteiger partial charge is 0.235 e. The maximum atomic E-state index is 4.15. The molecule has 1 radical (unpaired) electrons. The average Bonchev–Trinajstić information content (AvgIpc) is 1.59. The Morgan fingerprint density at radius 2 is 1.67 bits per heavy atom. The smallest absolute Gasteiger partial charge is 0.0360 e. The molecule has 0 fully saturated rings. The predicted octanol–water partition coefficient (Wildman–Crippen LogP) is 1.30. The highest BCUT2D eigenvalue weighted by atomic mass is 15.4. The van der Waals surface area contributed by atoms with Gasteiger partial charge in [0.2, 0.25) is 0 Å². The quantitative estimate of drug-likeness (QED) is 0.559. The maximum Gasteiger partial charge on any atom is 0.0360 e. The van der Waals surface area contributed by atoms with Crippen molar-refractivity contribution in [2.45, 2.75) is 46.2 Å². The second-order valence-electron chi connectivity index (χ2n) is 3.58. The Morgan fingerprint density at radius 3 is 1.78 bits per heavy atom. The Morgan fingerprint density at radius 1 is 1.22 bits per heavy atom. The van der Waals surface area contributed by atoms with Crippen LogP contribution >= 0.6 is 0 Å². The van der Waals surface area contributed by atoms with Gasteiger partial charge in [-0.3, -0.25) is 0 Å². The molecule has 0 saturated heterocycles. The number of hydrogen-bond acceptors (Lipinski definition) is 1. The monoisotopic (exact) mass is 129 g/mol. The zero-order chi connectivity index (χ0) is 7.49. The summed E-state index contributed by atoms with van der Waals surface area (Å²) in [6.07, 6.45) is 0. The first-order chi connectivity index (χ1) is 3.92. The highest BCUT2D eigenvalue weighted by molar-refractivity contribution is 4.67. The Hall–Kier alpha value is -0.0800. The molecule has 0 aromatic heterocycles. The fraction of sp³-hybridized carbons (Fsp3) is 1.00. The van der Waals surface area contributed by atoms with E-state index in [1.807, 2.05) is 0 Å². The summed E-state index contributed by atoms with van der Waals surface area (Å²) in [5, 5.41) is 0. The summed E-state index contributed by atoms with van der Waals surface area (Å²) in [4.78, 5) is 0. The van der Waals surface area contributed by atoms with E-state index in [0.717, 1.165) is 0 Å². The molecule has 2 nitrogen and oxygen atoms in total. The minimum Gasteiger partial charge on any atom is -0.235 e. The van der Waals surface area contributed by atoms with E-state index in [2.05, 4.69) is 45.5 Å². The fourth-order valence-electron chi connectivity index (χ4n) is 0.323. The van der Waals surface area contributed by atoms with Gasteiger partial charge in [-0.15, -0.1) is 0 Å². The molecular formula is C7H17N2. The number of nitrogens with one attached hydrogen (secondary N) is 1. The summed E-state index contributed by atoms with van der Waals surface area (Å²) in [5.74, 6) is 0. The van der Waals surface area contributed by atoms with Crippen molar-refractivity contribution < 1.29 is 0 Å². The molecule has 0 aliphatic carbocycles. The lowest BCUT2D eigenvalue weighted by atomic mass is 10.1. The molecule has 2 heteroatoms. The molecule has 0 aliphatic heterocycles. The van der Waals surface area contributed by atoms with Gasteiger partial charge in [-0.2, -0.15) is 5.43 Å². The van der Waals surface area contributed by atoms with Crippen LogP contribution < -0.4 is 10.9 Å². The van der Waals surface area contributed by atoms with Gasteiger partial charge >= 0.3 is 0 Å². The van der Waals surface area contributed by atoms with Crippen LogP contribution in [0.2, 0.25) is 0 Å². The van der Waals surface area contributed by atoms with Crippen LogP contribution in [0, 0.1) is 0 Å². The molecule has 0 rings (SSSR count). The van der Waals surface area contributed by atoms with Gasteiger partial charge in [0, 0.05) is 11.6 Å². The first kappa shape index (κ1) is 8.92. The summed E-state index contributed by atoms with van der Waals surface area (Å²) < 4.78 is 0. The minimum absolute atomic E-state index is 0.115. The van der Waals surface area contributed by atoms with Crippen LogP contribution in [0.3, 0.4) is 0 Å². The van der Waals surface area contributed by atoms with Crippen LogP contribution in [0.25, 0.3) is 0 Å². The van der Waals surface area contributed by atoms with E-state index < -0.39 is 0 Å². The van der Waals surface area contributed by atoms with Crippen molar-refractivity contribution >= 4 is 0 Å². The standard InChI is InChI=1S/C7H17N2/c1-6(2)8-9-7(3,4)5/h6,9H,1-5H3. The van der Waals surface area contributed by atoms with E-state index in [1.54, 1.807) is 0 Å². The highest BCUT2D eigenvalue weighted by Gasteiger charge is 2.08. The lowest BCUT2D eigenvalue weighted by molar-refractivity contribution is 0.325. The van der Waals surface area contributed by atoms with Gasteiger partial charge in [-0.1, -0.05) is 0 Å². The number of rotatable bonds is 2. The fourth-order valence-corrected chi connectivity index (χ4v) is 0.323.